The average molecular weight is 328 g/mol. The number of allylic oxidation sites excluding steroid dienone is 1. The Balaban J connectivity index is 1.93. The molecule has 1 atom stereocenters. The molecular weight excluding hydrogens is 304 g/mol. The first-order chi connectivity index (χ1) is 11.6. The molecule has 0 aromatic heterocycles. The van der Waals surface area contributed by atoms with Crippen molar-refractivity contribution in [3.05, 3.63) is 53.1 Å². The van der Waals surface area contributed by atoms with E-state index in [4.69, 9.17) is 5.11 Å². The van der Waals surface area contributed by atoms with Gasteiger partial charge in [0.1, 0.15) is 0 Å². The third-order valence-electron chi connectivity index (χ3n) is 4.25. The van der Waals surface area contributed by atoms with E-state index < -0.39 is 12.1 Å². The molecular formula is C20H24O4. The van der Waals surface area contributed by atoms with Crippen LogP contribution in [0.4, 0.5) is 0 Å². The van der Waals surface area contributed by atoms with Gasteiger partial charge >= 0.3 is 5.97 Å². The number of aliphatic hydroxyl groups is 1. The molecule has 0 radical (unpaired) electrons. The van der Waals surface area contributed by atoms with Crippen molar-refractivity contribution in [2.45, 2.75) is 51.0 Å². The molecule has 128 valence electrons. The van der Waals surface area contributed by atoms with Gasteiger partial charge in [-0.15, -0.1) is 0 Å². The van der Waals surface area contributed by atoms with Gasteiger partial charge in [-0.05, 0) is 30.4 Å². The van der Waals surface area contributed by atoms with Gasteiger partial charge in [-0.3, -0.25) is 9.59 Å². The van der Waals surface area contributed by atoms with Crippen LogP contribution in [0.25, 0.3) is 6.08 Å². The fourth-order valence-corrected chi connectivity index (χ4v) is 2.95. The highest BCUT2D eigenvalue weighted by Gasteiger charge is 2.28. The second-order valence-corrected chi connectivity index (χ2v) is 6.13. The maximum absolute atomic E-state index is 12.1. The number of rotatable bonds is 9. The number of benzene rings is 1. The zero-order chi connectivity index (χ0) is 17.4. The Labute approximate surface area is 142 Å². The molecule has 4 heteroatoms. The Morgan fingerprint density at radius 1 is 1.08 bits per heavy atom. The van der Waals surface area contributed by atoms with E-state index in [2.05, 4.69) is 0 Å². The molecule has 2 rings (SSSR count). The second-order valence-electron chi connectivity index (χ2n) is 6.13. The number of aliphatic hydroxyl groups excluding tert-OH is 1. The number of Topliss-reactive ketones (excluding diaryl/α,β-unsaturated/α-hetero) is 1. The smallest absolute Gasteiger partial charge is 0.303 e. The first-order valence-corrected chi connectivity index (χ1v) is 8.47. The fraction of sp³-hybridized carbons (Fsp3) is 0.400. The minimum atomic E-state index is -0.764. The van der Waals surface area contributed by atoms with Crippen LogP contribution in [0.15, 0.2) is 47.6 Å². The number of unbranched alkanes of at least 4 members (excludes halogenated alkanes) is 3. The third-order valence-corrected chi connectivity index (χ3v) is 4.25. The van der Waals surface area contributed by atoms with E-state index in [9.17, 15) is 14.7 Å². The summed E-state index contributed by atoms with van der Waals surface area (Å²) in [6.07, 6.45) is 7.35. The molecule has 24 heavy (non-hydrogen) atoms. The quantitative estimate of drug-likeness (QED) is 0.677. The standard InChI is InChI=1S/C20H24O4/c21-18-14-19(22)17(13-12-15-8-4-3-5-9-15)16(18)10-6-1-2-7-11-20(23)24/h3-5,8-9,12-13,19,22H,1-2,6-7,10-11,14H2,(H,23,24)/t19-/m0/s1. The van der Waals surface area contributed by atoms with Crippen LogP contribution in [-0.2, 0) is 9.59 Å². The van der Waals surface area contributed by atoms with Crippen molar-refractivity contribution < 1.29 is 19.8 Å². The zero-order valence-electron chi connectivity index (χ0n) is 13.8. The van der Waals surface area contributed by atoms with Crippen LogP contribution in [-0.4, -0.2) is 28.1 Å². The highest BCUT2D eigenvalue weighted by molar-refractivity contribution is 6.00. The van der Waals surface area contributed by atoms with E-state index in [1.807, 2.05) is 42.5 Å². The van der Waals surface area contributed by atoms with Crippen molar-refractivity contribution in [3.8, 4) is 0 Å². The lowest BCUT2D eigenvalue weighted by Crippen LogP contribution is -2.04. The minimum Gasteiger partial charge on any atom is -0.481 e. The molecule has 4 nitrogen and oxygen atoms in total. The van der Waals surface area contributed by atoms with Crippen LogP contribution in [0.1, 0.15) is 50.5 Å². The summed E-state index contributed by atoms with van der Waals surface area (Å²) in [6.45, 7) is 0. The molecule has 0 unspecified atom stereocenters. The molecule has 1 aliphatic rings. The molecule has 1 aromatic carbocycles. The number of aliphatic carboxylic acids is 1. The number of ketones is 1. The number of hydrogen-bond acceptors (Lipinski definition) is 3. The predicted octanol–water partition coefficient (Wildman–Crippen LogP) is 3.76. The summed E-state index contributed by atoms with van der Waals surface area (Å²) in [4.78, 5) is 22.6. The number of carbonyl (C=O) groups excluding carboxylic acids is 1. The summed E-state index contributed by atoms with van der Waals surface area (Å²) >= 11 is 0. The number of carbonyl (C=O) groups is 2. The van der Waals surface area contributed by atoms with E-state index in [-0.39, 0.29) is 18.6 Å². The second kappa shape index (κ2) is 9.18. The van der Waals surface area contributed by atoms with Crippen molar-refractivity contribution in [2.24, 2.45) is 0 Å². The van der Waals surface area contributed by atoms with Gasteiger partial charge < -0.3 is 10.2 Å². The van der Waals surface area contributed by atoms with Crippen molar-refractivity contribution in [1.29, 1.82) is 0 Å². The van der Waals surface area contributed by atoms with Crippen molar-refractivity contribution >= 4 is 17.8 Å². The van der Waals surface area contributed by atoms with Crippen LogP contribution < -0.4 is 0 Å². The Morgan fingerprint density at radius 3 is 2.50 bits per heavy atom. The summed E-state index contributed by atoms with van der Waals surface area (Å²) in [5, 5.41) is 18.7. The molecule has 0 saturated carbocycles. The van der Waals surface area contributed by atoms with Gasteiger partial charge in [-0.2, -0.15) is 0 Å². The summed E-state index contributed by atoms with van der Waals surface area (Å²) in [5.74, 6) is -0.735. The van der Waals surface area contributed by atoms with E-state index in [1.165, 1.54) is 0 Å². The summed E-state index contributed by atoms with van der Waals surface area (Å²) in [5.41, 5.74) is 2.49. The predicted molar refractivity (Wildman–Crippen MR) is 93.5 cm³/mol. The van der Waals surface area contributed by atoms with Gasteiger partial charge in [-0.1, -0.05) is 55.3 Å². The van der Waals surface area contributed by atoms with Gasteiger partial charge in [0.2, 0.25) is 0 Å². The van der Waals surface area contributed by atoms with Crippen LogP contribution in [0.5, 0.6) is 0 Å². The van der Waals surface area contributed by atoms with Gasteiger partial charge in [0.25, 0.3) is 0 Å². The average Bonchev–Trinajstić information content (AvgIpc) is 2.83. The molecule has 1 aromatic rings. The van der Waals surface area contributed by atoms with Crippen molar-refractivity contribution in [2.75, 3.05) is 0 Å². The van der Waals surface area contributed by atoms with Crippen LogP contribution in [0.3, 0.4) is 0 Å². The minimum absolute atomic E-state index is 0.0285. The lowest BCUT2D eigenvalue weighted by molar-refractivity contribution is -0.137. The van der Waals surface area contributed by atoms with Crippen LogP contribution in [0, 0.1) is 0 Å². The summed E-state index contributed by atoms with van der Waals surface area (Å²) in [6, 6.07) is 9.79. The highest BCUT2D eigenvalue weighted by Crippen LogP contribution is 2.29. The zero-order valence-corrected chi connectivity index (χ0v) is 13.8. The van der Waals surface area contributed by atoms with E-state index in [0.29, 0.717) is 12.8 Å². The SMILES string of the molecule is O=C(O)CCCCCCC1=C(C=Cc2ccccc2)[C@@H](O)CC1=O. The molecule has 0 fully saturated rings. The number of carboxylic acids is 1. The van der Waals surface area contributed by atoms with Gasteiger partial charge in [0, 0.05) is 18.4 Å². The monoisotopic (exact) mass is 328 g/mol. The topological polar surface area (TPSA) is 74.6 Å². The van der Waals surface area contributed by atoms with Gasteiger partial charge in [0.15, 0.2) is 5.78 Å². The molecule has 0 saturated heterocycles. The third kappa shape index (κ3) is 5.46. The Kier molecular flexibility index (Phi) is 6.94. The Morgan fingerprint density at radius 2 is 1.79 bits per heavy atom. The normalized spacial score (nSPS) is 17.9. The van der Waals surface area contributed by atoms with E-state index in [0.717, 1.165) is 36.0 Å². The first-order valence-electron chi connectivity index (χ1n) is 8.47. The van der Waals surface area contributed by atoms with Crippen LogP contribution in [0.2, 0.25) is 0 Å². The molecule has 2 N–H and O–H groups in total. The van der Waals surface area contributed by atoms with Gasteiger partial charge in [0.05, 0.1) is 6.10 Å². The number of hydrogen-bond donors (Lipinski definition) is 2. The summed E-state index contributed by atoms with van der Waals surface area (Å²) < 4.78 is 0. The lowest BCUT2D eigenvalue weighted by Gasteiger charge is -2.05. The highest BCUT2D eigenvalue weighted by atomic mass is 16.4. The largest absolute Gasteiger partial charge is 0.481 e. The first kappa shape index (κ1) is 18.1. The molecule has 0 amide bonds. The number of carboxylic acid groups (broad SMARTS) is 1. The van der Waals surface area contributed by atoms with E-state index >= 15 is 0 Å². The van der Waals surface area contributed by atoms with Crippen LogP contribution >= 0.6 is 0 Å². The maximum Gasteiger partial charge on any atom is 0.303 e. The molecule has 0 spiro atoms. The van der Waals surface area contributed by atoms with Gasteiger partial charge in [-0.25, -0.2) is 0 Å². The van der Waals surface area contributed by atoms with Crippen molar-refractivity contribution in [1.82, 2.24) is 0 Å². The lowest BCUT2D eigenvalue weighted by atomic mass is 10.0. The van der Waals surface area contributed by atoms with E-state index in [1.54, 1.807) is 0 Å². The molecule has 1 aliphatic carbocycles. The Hall–Kier alpha value is -2.20. The fourth-order valence-electron chi connectivity index (χ4n) is 2.95. The summed E-state index contributed by atoms with van der Waals surface area (Å²) in [7, 11) is 0. The molecule has 0 bridgehead atoms. The Bertz CT molecular complexity index is 628. The maximum atomic E-state index is 12.1. The molecule has 0 aliphatic heterocycles. The molecule has 0 heterocycles. The van der Waals surface area contributed by atoms with Crippen molar-refractivity contribution in [3.63, 3.8) is 0 Å².